The fourth-order valence-electron chi connectivity index (χ4n) is 3.09. The maximum Gasteiger partial charge on any atom is 0.151 e. The molecule has 8 heteroatoms. The molecule has 132 valence electrons. The van der Waals surface area contributed by atoms with Gasteiger partial charge in [-0.05, 0) is 30.0 Å². The zero-order valence-corrected chi connectivity index (χ0v) is 15.9. The van der Waals surface area contributed by atoms with Crippen molar-refractivity contribution in [1.29, 1.82) is 0 Å². The van der Waals surface area contributed by atoms with Crippen molar-refractivity contribution >= 4 is 32.5 Å². The Bertz CT molecular complexity index is 914. The predicted molar refractivity (Wildman–Crippen MR) is 100 cm³/mol. The number of sulfone groups is 1. The summed E-state index contributed by atoms with van der Waals surface area (Å²) in [6, 6.07) is 5.86. The zero-order chi connectivity index (χ0) is 17.3. The first-order chi connectivity index (χ1) is 12.1. The van der Waals surface area contributed by atoms with Gasteiger partial charge in [0.15, 0.2) is 9.84 Å². The molecular weight excluding hydrogens is 376 g/mol. The minimum absolute atomic E-state index is 0.0152. The van der Waals surface area contributed by atoms with Crippen LogP contribution in [-0.2, 0) is 22.9 Å². The molecule has 0 amide bonds. The number of aromatic nitrogens is 1. The Labute approximate surface area is 154 Å². The highest BCUT2D eigenvalue weighted by molar-refractivity contribution is 7.91. The van der Waals surface area contributed by atoms with Crippen LogP contribution in [0.2, 0.25) is 0 Å². The van der Waals surface area contributed by atoms with E-state index in [1.807, 2.05) is 17.5 Å². The molecule has 4 rings (SSSR count). The summed E-state index contributed by atoms with van der Waals surface area (Å²) < 4.78 is 29.3. The summed E-state index contributed by atoms with van der Waals surface area (Å²) in [6.45, 7) is 1.22. The third kappa shape index (κ3) is 4.03. The summed E-state index contributed by atoms with van der Waals surface area (Å²) in [5, 5.41) is 7.20. The van der Waals surface area contributed by atoms with E-state index < -0.39 is 9.84 Å². The van der Waals surface area contributed by atoms with Gasteiger partial charge in [0.25, 0.3) is 0 Å². The lowest BCUT2D eigenvalue weighted by molar-refractivity contribution is 0.177. The topological polar surface area (TPSA) is 63.4 Å². The van der Waals surface area contributed by atoms with Crippen LogP contribution in [-0.4, -0.2) is 35.8 Å². The van der Waals surface area contributed by atoms with Crippen molar-refractivity contribution in [3.05, 3.63) is 52.1 Å². The highest BCUT2D eigenvalue weighted by atomic mass is 32.2. The lowest BCUT2D eigenvalue weighted by Gasteiger charge is -2.26. The molecule has 1 aliphatic rings. The van der Waals surface area contributed by atoms with Gasteiger partial charge in [0.05, 0.1) is 30.0 Å². The van der Waals surface area contributed by atoms with E-state index in [1.54, 1.807) is 28.9 Å². The third-order valence-corrected chi connectivity index (χ3v) is 7.72. The van der Waals surface area contributed by atoms with E-state index in [4.69, 9.17) is 9.40 Å². The minimum atomic E-state index is -2.93. The molecule has 0 spiro atoms. The van der Waals surface area contributed by atoms with Gasteiger partial charge in [-0.15, -0.1) is 11.3 Å². The van der Waals surface area contributed by atoms with Crippen LogP contribution < -0.4 is 0 Å². The predicted octanol–water partition coefficient (Wildman–Crippen LogP) is 3.65. The Kier molecular flexibility index (Phi) is 4.77. The van der Waals surface area contributed by atoms with Gasteiger partial charge < -0.3 is 4.42 Å². The van der Waals surface area contributed by atoms with Gasteiger partial charge in [0, 0.05) is 28.9 Å². The van der Waals surface area contributed by atoms with Crippen LogP contribution in [0.25, 0.3) is 10.6 Å². The van der Waals surface area contributed by atoms with Gasteiger partial charge in [-0.3, -0.25) is 4.90 Å². The van der Waals surface area contributed by atoms with Crippen molar-refractivity contribution in [2.24, 2.45) is 0 Å². The van der Waals surface area contributed by atoms with Gasteiger partial charge in [-0.2, -0.15) is 11.3 Å². The van der Waals surface area contributed by atoms with Gasteiger partial charge in [-0.25, -0.2) is 13.4 Å². The highest BCUT2D eigenvalue weighted by Gasteiger charge is 2.33. The molecule has 1 saturated heterocycles. The second kappa shape index (κ2) is 7.03. The number of thiazole rings is 1. The number of hydrogen-bond donors (Lipinski definition) is 0. The number of rotatable bonds is 6. The van der Waals surface area contributed by atoms with Crippen molar-refractivity contribution in [2.75, 3.05) is 11.5 Å². The number of nitrogens with zero attached hydrogens (tertiary/aromatic N) is 2. The maximum absolute atomic E-state index is 11.9. The second-order valence-electron chi connectivity index (χ2n) is 6.20. The molecular formula is C17H18N2O3S3. The monoisotopic (exact) mass is 394 g/mol. The molecule has 1 aliphatic heterocycles. The number of furan rings is 1. The van der Waals surface area contributed by atoms with Gasteiger partial charge in [0.2, 0.25) is 0 Å². The fraction of sp³-hybridized carbons (Fsp3) is 0.353. The second-order valence-corrected chi connectivity index (χ2v) is 10.1. The Hall–Kier alpha value is -1.48. The largest absolute Gasteiger partial charge is 0.468 e. The molecule has 3 aromatic rings. The average Bonchev–Trinajstić information content (AvgIpc) is 3.34. The molecule has 25 heavy (non-hydrogen) atoms. The van der Waals surface area contributed by atoms with E-state index in [9.17, 15) is 8.42 Å². The van der Waals surface area contributed by atoms with E-state index >= 15 is 0 Å². The molecule has 4 heterocycles. The molecule has 0 radical (unpaired) electrons. The van der Waals surface area contributed by atoms with Crippen molar-refractivity contribution in [3.8, 4) is 10.6 Å². The molecule has 1 fully saturated rings. The molecule has 0 N–H and O–H groups in total. The van der Waals surface area contributed by atoms with Crippen LogP contribution in [0, 0.1) is 0 Å². The van der Waals surface area contributed by atoms with Crippen molar-refractivity contribution < 1.29 is 12.8 Å². The smallest absolute Gasteiger partial charge is 0.151 e. The van der Waals surface area contributed by atoms with Crippen molar-refractivity contribution in [2.45, 2.75) is 25.6 Å². The minimum Gasteiger partial charge on any atom is -0.468 e. The summed E-state index contributed by atoms with van der Waals surface area (Å²) in [6.07, 6.45) is 2.32. The van der Waals surface area contributed by atoms with E-state index in [2.05, 4.69) is 21.7 Å². The van der Waals surface area contributed by atoms with Gasteiger partial charge >= 0.3 is 0 Å². The van der Waals surface area contributed by atoms with Crippen molar-refractivity contribution in [1.82, 2.24) is 9.88 Å². The van der Waals surface area contributed by atoms with Gasteiger partial charge in [0.1, 0.15) is 10.8 Å². The molecule has 0 aromatic carbocycles. The normalized spacial score (nSPS) is 19.6. The SMILES string of the molecule is O=S1(=O)CCC(N(Cc2csc(-c3ccsc3)n2)Cc2ccco2)C1. The summed E-state index contributed by atoms with van der Waals surface area (Å²) in [4.78, 5) is 6.91. The zero-order valence-electron chi connectivity index (χ0n) is 13.5. The lowest BCUT2D eigenvalue weighted by atomic mass is 10.2. The Morgan fingerprint density at radius 2 is 2.20 bits per heavy atom. The third-order valence-electron chi connectivity index (χ3n) is 4.35. The van der Waals surface area contributed by atoms with Crippen LogP contribution in [0.15, 0.2) is 45.0 Å². The highest BCUT2D eigenvalue weighted by Crippen LogP contribution is 2.28. The quantitative estimate of drug-likeness (QED) is 0.638. The number of thiophene rings is 1. The van der Waals surface area contributed by atoms with Crippen LogP contribution in [0.5, 0.6) is 0 Å². The van der Waals surface area contributed by atoms with E-state index in [-0.39, 0.29) is 17.5 Å². The molecule has 1 unspecified atom stereocenters. The summed E-state index contributed by atoms with van der Waals surface area (Å²) in [5.41, 5.74) is 2.12. The standard InChI is InChI=1S/C17H18N2O3S3/c20-25(21)7-4-15(12-25)19(9-16-2-1-5-22-16)8-14-11-24-17(18-14)13-3-6-23-10-13/h1-3,5-6,10-11,15H,4,7-9,12H2. The molecule has 3 aromatic heterocycles. The molecule has 5 nitrogen and oxygen atoms in total. The summed E-state index contributed by atoms with van der Waals surface area (Å²) >= 11 is 3.28. The molecule has 0 saturated carbocycles. The summed E-state index contributed by atoms with van der Waals surface area (Å²) in [5.74, 6) is 1.33. The Balaban J connectivity index is 1.53. The first-order valence-corrected chi connectivity index (χ1v) is 11.7. The van der Waals surface area contributed by atoms with Crippen LogP contribution >= 0.6 is 22.7 Å². The first kappa shape index (κ1) is 17.0. The molecule has 0 aliphatic carbocycles. The fourth-order valence-corrected chi connectivity index (χ4v) is 6.37. The average molecular weight is 395 g/mol. The van der Waals surface area contributed by atoms with Crippen molar-refractivity contribution in [3.63, 3.8) is 0 Å². The Morgan fingerprint density at radius 3 is 2.88 bits per heavy atom. The molecule has 0 bridgehead atoms. The van der Waals surface area contributed by atoms with E-state index in [1.165, 1.54) is 0 Å². The van der Waals surface area contributed by atoms with E-state index in [0.29, 0.717) is 19.5 Å². The van der Waals surface area contributed by atoms with Crippen LogP contribution in [0.3, 0.4) is 0 Å². The molecule has 1 atom stereocenters. The van der Waals surface area contributed by atoms with E-state index in [0.717, 1.165) is 22.0 Å². The van der Waals surface area contributed by atoms with Crippen LogP contribution in [0.4, 0.5) is 0 Å². The van der Waals surface area contributed by atoms with Crippen LogP contribution in [0.1, 0.15) is 17.9 Å². The number of hydrogen-bond acceptors (Lipinski definition) is 7. The summed E-state index contributed by atoms with van der Waals surface area (Å²) in [7, 11) is -2.93. The lowest BCUT2D eigenvalue weighted by Crippen LogP contribution is -2.35. The maximum atomic E-state index is 11.9. The first-order valence-electron chi connectivity index (χ1n) is 8.03. The Morgan fingerprint density at radius 1 is 1.28 bits per heavy atom. The van der Waals surface area contributed by atoms with Gasteiger partial charge in [-0.1, -0.05) is 0 Å².